The minimum atomic E-state index is -0.891. The van der Waals surface area contributed by atoms with E-state index in [4.69, 9.17) is 14.7 Å². The SMILES string of the molecule is CC[C@H]1CO[C@H](c2cc(F)c(C#N)c(F)c2)OC1. The van der Waals surface area contributed by atoms with Crippen molar-refractivity contribution in [3.05, 3.63) is 34.9 Å². The van der Waals surface area contributed by atoms with Crippen LogP contribution in [0, 0.1) is 28.9 Å². The van der Waals surface area contributed by atoms with Crippen LogP contribution in [-0.2, 0) is 9.47 Å². The van der Waals surface area contributed by atoms with Gasteiger partial charge in [0.05, 0.1) is 13.2 Å². The molecule has 18 heavy (non-hydrogen) atoms. The minimum Gasteiger partial charge on any atom is -0.348 e. The number of hydrogen-bond acceptors (Lipinski definition) is 3. The smallest absolute Gasteiger partial charge is 0.184 e. The maximum absolute atomic E-state index is 13.4. The lowest BCUT2D eigenvalue weighted by atomic mass is 10.1. The van der Waals surface area contributed by atoms with Crippen molar-refractivity contribution in [1.29, 1.82) is 5.26 Å². The molecule has 0 amide bonds. The molecule has 0 saturated carbocycles. The lowest BCUT2D eigenvalue weighted by Crippen LogP contribution is -2.26. The molecule has 0 atom stereocenters. The predicted molar refractivity (Wildman–Crippen MR) is 59.5 cm³/mol. The lowest BCUT2D eigenvalue weighted by Gasteiger charge is -2.29. The standard InChI is InChI=1S/C13H13F2NO2/c1-2-8-6-17-13(18-7-8)9-3-11(14)10(5-16)12(15)4-9/h3-4,8,13H,2,6-7H2,1H3/t8-,13-. The van der Waals surface area contributed by atoms with E-state index in [-0.39, 0.29) is 5.56 Å². The quantitative estimate of drug-likeness (QED) is 0.813. The van der Waals surface area contributed by atoms with Crippen molar-refractivity contribution in [2.24, 2.45) is 5.92 Å². The van der Waals surface area contributed by atoms with Crippen molar-refractivity contribution in [3.8, 4) is 6.07 Å². The maximum atomic E-state index is 13.4. The van der Waals surface area contributed by atoms with Crippen LogP contribution in [0.1, 0.15) is 30.8 Å². The van der Waals surface area contributed by atoms with Crippen LogP contribution in [0.25, 0.3) is 0 Å². The van der Waals surface area contributed by atoms with Crippen LogP contribution in [0.15, 0.2) is 12.1 Å². The van der Waals surface area contributed by atoms with Gasteiger partial charge in [-0.05, 0) is 18.6 Å². The summed E-state index contributed by atoms with van der Waals surface area (Å²) < 4.78 is 37.7. The molecule has 96 valence electrons. The van der Waals surface area contributed by atoms with Gasteiger partial charge in [-0.15, -0.1) is 0 Å². The number of nitriles is 1. The van der Waals surface area contributed by atoms with Crippen LogP contribution >= 0.6 is 0 Å². The second-order valence-corrected chi connectivity index (χ2v) is 4.24. The molecule has 5 heteroatoms. The zero-order chi connectivity index (χ0) is 13.1. The van der Waals surface area contributed by atoms with Crippen LogP contribution in [0.3, 0.4) is 0 Å². The van der Waals surface area contributed by atoms with Crippen LogP contribution in [-0.4, -0.2) is 13.2 Å². The first-order valence-corrected chi connectivity index (χ1v) is 5.78. The minimum absolute atomic E-state index is 0.263. The average molecular weight is 253 g/mol. The van der Waals surface area contributed by atoms with Gasteiger partial charge in [-0.2, -0.15) is 5.26 Å². The van der Waals surface area contributed by atoms with E-state index in [2.05, 4.69) is 0 Å². The van der Waals surface area contributed by atoms with Gasteiger partial charge in [0.25, 0.3) is 0 Å². The van der Waals surface area contributed by atoms with E-state index in [0.29, 0.717) is 19.1 Å². The number of hydrogen-bond donors (Lipinski definition) is 0. The largest absolute Gasteiger partial charge is 0.348 e. The molecule has 1 fully saturated rings. The summed E-state index contributed by atoms with van der Waals surface area (Å²) in [6.45, 7) is 3.04. The first-order valence-electron chi connectivity index (χ1n) is 5.78. The Bertz CT molecular complexity index is 453. The molecule has 1 aromatic rings. The van der Waals surface area contributed by atoms with Gasteiger partial charge in [0.15, 0.2) is 6.29 Å². The Morgan fingerprint density at radius 2 is 1.83 bits per heavy atom. The first-order chi connectivity index (χ1) is 8.65. The van der Waals surface area contributed by atoms with Crippen molar-refractivity contribution in [2.45, 2.75) is 19.6 Å². The zero-order valence-corrected chi connectivity index (χ0v) is 9.95. The Kier molecular flexibility index (Phi) is 3.90. The number of halogens is 2. The highest BCUT2D eigenvalue weighted by molar-refractivity contribution is 5.35. The van der Waals surface area contributed by atoms with Gasteiger partial charge in [-0.3, -0.25) is 0 Å². The van der Waals surface area contributed by atoms with E-state index < -0.39 is 23.5 Å². The van der Waals surface area contributed by atoms with Gasteiger partial charge in [0.2, 0.25) is 0 Å². The van der Waals surface area contributed by atoms with Crippen molar-refractivity contribution in [3.63, 3.8) is 0 Å². The van der Waals surface area contributed by atoms with Gasteiger partial charge in [-0.1, -0.05) is 6.92 Å². The third-order valence-electron chi connectivity index (χ3n) is 2.99. The molecule has 0 aromatic heterocycles. The molecule has 1 aliphatic rings. The molecule has 1 aromatic carbocycles. The summed E-state index contributed by atoms with van der Waals surface area (Å²) in [5.41, 5.74) is -0.320. The number of rotatable bonds is 2. The Hall–Kier alpha value is -1.51. The van der Waals surface area contributed by atoms with Crippen LogP contribution < -0.4 is 0 Å². The van der Waals surface area contributed by atoms with Crippen molar-refractivity contribution in [2.75, 3.05) is 13.2 Å². The first kappa shape index (κ1) is 12.9. The van der Waals surface area contributed by atoms with Gasteiger partial charge in [0, 0.05) is 11.5 Å². The van der Waals surface area contributed by atoms with E-state index in [9.17, 15) is 8.78 Å². The van der Waals surface area contributed by atoms with Crippen LogP contribution in [0.4, 0.5) is 8.78 Å². The van der Waals surface area contributed by atoms with E-state index in [1.54, 1.807) is 0 Å². The fourth-order valence-corrected chi connectivity index (χ4v) is 1.81. The van der Waals surface area contributed by atoms with Crippen LogP contribution in [0.2, 0.25) is 0 Å². The predicted octanol–water partition coefficient (Wildman–Crippen LogP) is 2.91. The highest BCUT2D eigenvalue weighted by Gasteiger charge is 2.24. The molecular weight excluding hydrogens is 240 g/mol. The van der Waals surface area contributed by atoms with Gasteiger partial charge >= 0.3 is 0 Å². The monoisotopic (exact) mass is 253 g/mol. The average Bonchev–Trinajstić information content (AvgIpc) is 2.38. The second kappa shape index (κ2) is 5.42. The molecule has 3 nitrogen and oxygen atoms in total. The molecular formula is C13H13F2NO2. The normalized spacial score (nSPS) is 23.7. The Morgan fingerprint density at radius 3 is 2.28 bits per heavy atom. The highest BCUT2D eigenvalue weighted by Crippen LogP contribution is 2.28. The third kappa shape index (κ3) is 2.50. The molecule has 1 saturated heterocycles. The molecule has 0 aliphatic carbocycles. The van der Waals surface area contributed by atoms with E-state index in [0.717, 1.165) is 18.6 Å². The maximum Gasteiger partial charge on any atom is 0.184 e. The van der Waals surface area contributed by atoms with E-state index in [1.165, 1.54) is 6.07 Å². The Morgan fingerprint density at radius 1 is 1.28 bits per heavy atom. The molecule has 0 N–H and O–H groups in total. The van der Waals surface area contributed by atoms with Crippen LogP contribution in [0.5, 0.6) is 0 Å². The number of nitrogens with zero attached hydrogens (tertiary/aromatic N) is 1. The third-order valence-corrected chi connectivity index (χ3v) is 2.99. The number of ether oxygens (including phenoxy) is 2. The molecule has 0 bridgehead atoms. The highest BCUT2D eigenvalue weighted by atomic mass is 19.1. The fourth-order valence-electron chi connectivity index (χ4n) is 1.81. The van der Waals surface area contributed by atoms with Gasteiger partial charge in [0.1, 0.15) is 23.3 Å². The lowest BCUT2D eigenvalue weighted by molar-refractivity contribution is -0.205. The zero-order valence-electron chi connectivity index (χ0n) is 9.95. The fraction of sp³-hybridized carbons (Fsp3) is 0.462. The van der Waals surface area contributed by atoms with E-state index in [1.807, 2.05) is 6.92 Å². The van der Waals surface area contributed by atoms with Crippen molar-refractivity contribution < 1.29 is 18.3 Å². The Balaban J connectivity index is 2.18. The Labute approximate surface area is 104 Å². The molecule has 0 unspecified atom stereocenters. The molecule has 2 rings (SSSR count). The summed E-state index contributed by atoms with van der Waals surface area (Å²) in [4.78, 5) is 0. The summed E-state index contributed by atoms with van der Waals surface area (Å²) in [7, 11) is 0. The summed E-state index contributed by atoms with van der Waals surface area (Å²) >= 11 is 0. The summed E-state index contributed by atoms with van der Waals surface area (Å²) in [5, 5.41) is 8.57. The van der Waals surface area contributed by atoms with Crippen molar-refractivity contribution >= 4 is 0 Å². The van der Waals surface area contributed by atoms with Crippen molar-refractivity contribution in [1.82, 2.24) is 0 Å². The van der Waals surface area contributed by atoms with Gasteiger partial charge < -0.3 is 9.47 Å². The summed E-state index contributed by atoms with van der Waals surface area (Å²) in [6.07, 6.45) is 0.174. The molecule has 0 spiro atoms. The van der Waals surface area contributed by atoms with Gasteiger partial charge in [-0.25, -0.2) is 8.78 Å². The topological polar surface area (TPSA) is 42.2 Å². The molecule has 1 heterocycles. The van der Waals surface area contributed by atoms with E-state index >= 15 is 0 Å². The molecule has 0 radical (unpaired) electrons. The summed E-state index contributed by atoms with van der Waals surface area (Å²) in [5.74, 6) is -1.47. The number of benzene rings is 1. The molecule has 1 aliphatic heterocycles. The summed E-state index contributed by atoms with van der Waals surface area (Å²) in [6, 6.07) is 3.64. The second-order valence-electron chi connectivity index (χ2n) is 4.24.